The number of aromatic nitrogens is 1. The monoisotopic (exact) mass is 466 g/mol. The average molecular weight is 466 g/mol. The number of hydrogen-bond acceptors (Lipinski definition) is 9. The third kappa shape index (κ3) is 4.76. The molecule has 10 nitrogen and oxygen atoms in total. The number of fused-ring (bicyclic) bond motifs is 2. The first kappa shape index (κ1) is 22.5. The van der Waals surface area contributed by atoms with Crippen LogP contribution in [0.5, 0.6) is 5.75 Å². The summed E-state index contributed by atoms with van der Waals surface area (Å²) in [7, 11) is -3.13. The molecule has 0 unspecified atom stereocenters. The van der Waals surface area contributed by atoms with Crippen molar-refractivity contribution in [2.24, 2.45) is 0 Å². The SMILES string of the molecule is C=C.COc1ccc2c(c1)N(CC(=O)O)C(=Cc1oc3ccoc3[n+]1CS(=O)(=O)[O-])S2. The van der Waals surface area contributed by atoms with E-state index in [1.807, 2.05) is 0 Å². The third-order valence-corrected chi connectivity index (χ3v) is 5.79. The molecular formula is C19H18N2O8S2. The zero-order valence-corrected chi connectivity index (χ0v) is 17.9. The second kappa shape index (κ2) is 8.88. The number of carboxylic acids is 1. The number of oxazole rings is 1. The molecule has 12 heteroatoms. The fourth-order valence-corrected chi connectivity index (χ4v) is 4.57. The van der Waals surface area contributed by atoms with E-state index in [1.54, 1.807) is 18.2 Å². The van der Waals surface area contributed by atoms with Gasteiger partial charge in [-0.05, 0) is 12.1 Å². The van der Waals surface area contributed by atoms with E-state index < -0.39 is 22.0 Å². The Balaban J connectivity index is 0.00000132. The normalized spacial score (nSPS) is 14.4. The number of furan rings is 1. The van der Waals surface area contributed by atoms with E-state index in [0.29, 0.717) is 16.5 Å². The van der Waals surface area contributed by atoms with E-state index in [1.165, 1.54) is 42.2 Å². The number of nitrogens with zero attached hydrogens (tertiary/aromatic N) is 2. The Morgan fingerprint density at radius 3 is 2.77 bits per heavy atom. The summed E-state index contributed by atoms with van der Waals surface area (Å²) in [5.41, 5.74) is 0.969. The van der Waals surface area contributed by atoms with Gasteiger partial charge in [0.05, 0.1) is 23.9 Å². The second-order valence-electron chi connectivity index (χ2n) is 6.04. The minimum absolute atomic E-state index is 0.0384. The summed E-state index contributed by atoms with van der Waals surface area (Å²) in [6.45, 7) is 5.66. The van der Waals surface area contributed by atoms with Gasteiger partial charge in [0.15, 0.2) is 10.1 Å². The maximum atomic E-state index is 11.4. The van der Waals surface area contributed by atoms with Crippen LogP contribution in [0.1, 0.15) is 5.89 Å². The van der Waals surface area contributed by atoms with Crippen LogP contribution < -0.4 is 14.2 Å². The van der Waals surface area contributed by atoms with Crippen LogP contribution in [-0.2, 0) is 20.8 Å². The number of anilines is 1. The Morgan fingerprint density at radius 1 is 1.39 bits per heavy atom. The molecule has 2 aromatic heterocycles. The van der Waals surface area contributed by atoms with Crippen molar-refractivity contribution < 1.29 is 41.0 Å². The minimum atomic E-state index is -4.64. The summed E-state index contributed by atoms with van der Waals surface area (Å²) in [5, 5.41) is 9.80. The summed E-state index contributed by atoms with van der Waals surface area (Å²) in [5.74, 6) is -1.35. The Kier molecular flexibility index (Phi) is 6.43. The fourth-order valence-electron chi connectivity index (χ4n) is 2.94. The van der Waals surface area contributed by atoms with Gasteiger partial charge < -0.3 is 28.1 Å². The van der Waals surface area contributed by atoms with Gasteiger partial charge in [0.25, 0.3) is 0 Å². The van der Waals surface area contributed by atoms with E-state index in [2.05, 4.69) is 13.2 Å². The highest BCUT2D eigenvalue weighted by molar-refractivity contribution is 8.03. The smallest absolute Gasteiger partial charge is 0.421 e. The molecule has 31 heavy (non-hydrogen) atoms. The quantitative estimate of drug-likeness (QED) is 0.328. The summed E-state index contributed by atoms with van der Waals surface area (Å²) < 4.78 is 51.1. The van der Waals surface area contributed by atoms with Gasteiger partial charge in [0.1, 0.15) is 18.6 Å². The average Bonchev–Trinajstić information content (AvgIpc) is 3.38. The Labute approximate surface area is 181 Å². The van der Waals surface area contributed by atoms with Gasteiger partial charge in [-0.1, -0.05) is 11.8 Å². The maximum Gasteiger partial charge on any atom is 0.421 e. The Morgan fingerprint density at radius 2 is 2.13 bits per heavy atom. The van der Waals surface area contributed by atoms with Crippen molar-refractivity contribution in [3.05, 3.63) is 54.6 Å². The van der Waals surface area contributed by atoms with Crippen molar-refractivity contribution >= 4 is 50.9 Å². The number of carbonyl (C=O) groups is 1. The molecule has 0 spiro atoms. The number of ether oxygens (including phenoxy) is 1. The van der Waals surface area contributed by atoms with Crippen LogP contribution in [0.2, 0.25) is 0 Å². The molecule has 3 heterocycles. The van der Waals surface area contributed by atoms with Crippen molar-refractivity contribution in [3.8, 4) is 5.75 Å². The summed E-state index contributed by atoms with van der Waals surface area (Å²) in [4.78, 5) is 13.7. The van der Waals surface area contributed by atoms with Gasteiger partial charge in [-0.25, -0.2) is 8.42 Å². The van der Waals surface area contributed by atoms with Crippen LogP contribution in [0.25, 0.3) is 17.4 Å². The zero-order valence-electron chi connectivity index (χ0n) is 16.3. The van der Waals surface area contributed by atoms with Crippen molar-refractivity contribution in [2.45, 2.75) is 10.8 Å². The molecule has 0 saturated heterocycles. The first-order valence-corrected chi connectivity index (χ1v) is 11.0. The highest BCUT2D eigenvalue weighted by Crippen LogP contribution is 2.47. The number of aliphatic carboxylic acids is 1. The Hall–Kier alpha value is -3.22. The molecule has 4 rings (SSSR count). The van der Waals surface area contributed by atoms with Crippen molar-refractivity contribution in [1.82, 2.24) is 0 Å². The number of benzene rings is 1. The van der Waals surface area contributed by atoms with Crippen LogP contribution >= 0.6 is 11.8 Å². The van der Waals surface area contributed by atoms with E-state index in [-0.39, 0.29) is 23.7 Å². The third-order valence-electron chi connectivity index (χ3n) is 4.10. The van der Waals surface area contributed by atoms with Crippen LogP contribution in [0.15, 0.2) is 62.4 Å². The molecule has 0 bridgehead atoms. The molecule has 3 aromatic rings. The predicted octanol–water partition coefficient (Wildman–Crippen LogP) is 2.62. The lowest BCUT2D eigenvalue weighted by molar-refractivity contribution is -0.665. The molecule has 1 N–H and O–H groups in total. The van der Waals surface area contributed by atoms with Crippen LogP contribution in [0.4, 0.5) is 5.69 Å². The van der Waals surface area contributed by atoms with Gasteiger partial charge in [-0.3, -0.25) is 4.79 Å². The lowest BCUT2D eigenvalue weighted by Crippen LogP contribution is -2.39. The van der Waals surface area contributed by atoms with Crippen molar-refractivity contribution in [3.63, 3.8) is 0 Å². The van der Waals surface area contributed by atoms with Gasteiger partial charge >= 0.3 is 17.6 Å². The minimum Gasteiger partial charge on any atom is -0.743 e. The molecule has 0 atom stereocenters. The first-order chi connectivity index (χ1) is 14.7. The number of carboxylic acid groups (broad SMARTS) is 1. The highest BCUT2D eigenvalue weighted by Gasteiger charge is 2.32. The van der Waals surface area contributed by atoms with Gasteiger partial charge in [0, 0.05) is 17.0 Å². The van der Waals surface area contributed by atoms with E-state index in [4.69, 9.17) is 13.6 Å². The summed E-state index contributed by atoms with van der Waals surface area (Å²) in [6, 6.07) is 6.73. The summed E-state index contributed by atoms with van der Waals surface area (Å²) in [6.07, 6.45) is 2.78. The number of rotatable bonds is 6. The molecule has 1 aliphatic rings. The topological polar surface area (TPSA) is 137 Å². The first-order valence-electron chi connectivity index (χ1n) is 8.65. The molecule has 0 amide bonds. The van der Waals surface area contributed by atoms with E-state index in [9.17, 15) is 22.9 Å². The molecule has 0 fully saturated rings. The molecule has 1 aromatic carbocycles. The van der Waals surface area contributed by atoms with Gasteiger partial charge in [0.2, 0.25) is 11.5 Å². The van der Waals surface area contributed by atoms with Gasteiger partial charge in [-0.2, -0.15) is 0 Å². The molecule has 0 aliphatic carbocycles. The lowest BCUT2D eigenvalue weighted by atomic mass is 10.2. The largest absolute Gasteiger partial charge is 0.743 e. The predicted molar refractivity (Wildman–Crippen MR) is 111 cm³/mol. The van der Waals surface area contributed by atoms with Crippen molar-refractivity contribution in [2.75, 3.05) is 18.6 Å². The highest BCUT2D eigenvalue weighted by atomic mass is 32.2. The lowest BCUT2D eigenvalue weighted by Gasteiger charge is -2.17. The zero-order chi connectivity index (χ0) is 22.8. The molecule has 0 radical (unpaired) electrons. The standard InChI is InChI=1S/C17H14N2O8S2.C2H4/c1-25-10-2-3-13-11(6-10)18(8-16(20)21)15(28-13)7-14-19(9-29(22,23)24)17-12(27-14)4-5-26-17;1-2/h2-7H,8-9H2,1H3,(H-,20,21,22,23,24);1-2H2. The Bertz CT molecular complexity index is 1260. The van der Waals surface area contributed by atoms with Crippen LogP contribution in [0, 0.1) is 0 Å². The number of hydrogen-bond donors (Lipinski definition) is 1. The van der Waals surface area contributed by atoms with Crippen molar-refractivity contribution in [1.29, 1.82) is 0 Å². The second-order valence-corrected chi connectivity index (χ2v) is 8.48. The van der Waals surface area contributed by atoms with Crippen LogP contribution in [-0.4, -0.2) is 37.7 Å². The van der Waals surface area contributed by atoms with Gasteiger partial charge in [-0.15, -0.1) is 17.7 Å². The molecule has 164 valence electrons. The molecule has 1 aliphatic heterocycles. The number of methoxy groups -OCH3 is 1. The molecule has 0 saturated carbocycles. The van der Waals surface area contributed by atoms with E-state index in [0.717, 1.165) is 9.46 Å². The van der Waals surface area contributed by atoms with E-state index >= 15 is 0 Å². The maximum absolute atomic E-state index is 11.4. The van der Waals surface area contributed by atoms with Crippen LogP contribution in [0.3, 0.4) is 0 Å². The molecular weight excluding hydrogens is 448 g/mol. The number of thioether (sulfide) groups is 1. The summed E-state index contributed by atoms with van der Waals surface area (Å²) >= 11 is 1.28. The fraction of sp³-hybridized carbons (Fsp3) is 0.158.